The maximum Gasteiger partial charge on any atom is 0.276 e. The molecule has 0 saturated heterocycles. The van der Waals surface area contributed by atoms with E-state index in [2.05, 4.69) is 29.2 Å². The number of hydrogen-bond donors (Lipinski definition) is 1. The molecule has 1 N–H and O–H groups in total. The summed E-state index contributed by atoms with van der Waals surface area (Å²) in [5.41, 5.74) is 3.23. The van der Waals surface area contributed by atoms with Gasteiger partial charge in [-0.15, -0.1) is 0 Å². The van der Waals surface area contributed by atoms with Gasteiger partial charge in [0.25, 0.3) is 11.5 Å². The average Bonchev–Trinajstić information content (AvgIpc) is 2.74. The predicted octanol–water partition coefficient (Wildman–Crippen LogP) is 3.84. The van der Waals surface area contributed by atoms with Crippen molar-refractivity contribution in [3.05, 3.63) is 87.6 Å². The number of nitrogens with one attached hydrogen (secondary N) is 1. The fourth-order valence-electron chi connectivity index (χ4n) is 3.21. The smallest absolute Gasteiger partial charge is 0.276 e. The van der Waals surface area contributed by atoms with Gasteiger partial charge in [-0.25, -0.2) is 9.07 Å². The van der Waals surface area contributed by atoms with Crippen LogP contribution in [-0.2, 0) is 6.54 Å². The van der Waals surface area contributed by atoms with Crippen LogP contribution < -0.4 is 15.8 Å². The van der Waals surface area contributed by atoms with Crippen molar-refractivity contribution in [3.8, 4) is 0 Å². The monoisotopic (exact) mass is 408 g/mol. The molecule has 3 rings (SSSR count). The molecule has 2 aromatic carbocycles. The number of carbonyl (C=O) groups excluding carboxylic acids is 1. The van der Waals surface area contributed by atoms with Crippen LogP contribution in [0.2, 0.25) is 0 Å². The second-order valence-electron chi connectivity index (χ2n) is 6.97. The van der Waals surface area contributed by atoms with E-state index in [-0.39, 0.29) is 23.6 Å². The molecule has 0 bridgehead atoms. The van der Waals surface area contributed by atoms with Crippen molar-refractivity contribution in [2.45, 2.75) is 27.3 Å². The Kier molecular flexibility index (Phi) is 6.61. The first-order valence-corrected chi connectivity index (χ1v) is 9.90. The highest BCUT2D eigenvalue weighted by atomic mass is 19.1. The summed E-state index contributed by atoms with van der Waals surface area (Å²) in [6, 6.07) is 14.4. The molecule has 0 aliphatic heterocycles. The minimum atomic E-state index is -0.401. The van der Waals surface area contributed by atoms with Gasteiger partial charge in [-0.3, -0.25) is 9.59 Å². The van der Waals surface area contributed by atoms with Gasteiger partial charge in [-0.1, -0.05) is 12.1 Å². The number of halogens is 1. The number of nitrogens with zero attached hydrogens (tertiary/aromatic N) is 3. The van der Waals surface area contributed by atoms with E-state index in [4.69, 9.17) is 0 Å². The van der Waals surface area contributed by atoms with Crippen LogP contribution in [0.1, 0.15) is 35.5 Å². The van der Waals surface area contributed by atoms with E-state index in [0.29, 0.717) is 11.3 Å². The molecule has 0 saturated carbocycles. The fraction of sp³-hybridized carbons (Fsp3) is 0.261. The molecule has 156 valence electrons. The van der Waals surface area contributed by atoms with Crippen LogP contribution >= 0.6 is 0 Å². The van der Waals surface area contributed by atoms with Crippen LogP contribution in [-0.4, -0.2) is 28.8 Å². The van der Waals surface area contributed by atoms with E-state index < -0.39 is 5.91 Å². The van der Waals surface area contributed by atoms with Crippen molar-refractivity contribution < 1.29 is 9.18 Å². The van der Waals surface area contributed by atoms with Gasteiger partial charge in [-0.05, 0) is 68.3 Å². The summed E-state index contributed by atoms with van der Waals surface area (Å²) >= 11 is 0. The molecule has 0 aliphatic carbocycles. The minimum Gasteiger partial charge on any atom is -0.372 e. The van der Waals surface area contributed by atoms with Gasteiger partial charge in [0.1, 0.15) is 11.5 Å². The van der Waals surface area contributed by atoms with Gasteiger partial charge >= 0.3 is 0 Å². The highest BCUT2D eigenvalue weighted by molar-refractivity contribution is 6.03. The van der Waals surface area contributed by atoms with Crippen molar-refractivity contribution >= 4 is 17.3 Å². The lowest BCUT2D eigenvalue weighted by atomic mass is 10.1. The van der Waals surface area contributed by atoms with E-state index in [1.807, 2.05) is 25.1 Å². The topological polar surface area (TPSA) is 67.2 Å². The molecular formula is C23H25FN4O2. The highest BCUT2D eigenvalue weighted by Gasteiger charge is 2.13. The van der Waals surface area contributed by atoms with Gasteiger partial charge in [0.05, 0.1) is 6.54 Å². The SMILES string of the molecule is CCN(CC)c1ccc(NC(=O)c2ccc(=O)n(Cc3ccc(F)cc3)n2)c(C)c1. The standard InChI is InChI=1S/C23H25FN4O2/c1-4-27(5-2)19-10-11-20(16(3)14-19)25-23(30)21-12-13-22(29)28(26-21)15-17-6-8-18(24)9-7-17/h6-14H,4-5,15H2,1-3H3,(H,25,30). The van der Waals surface area contributed by atoms with Gasteiger partial charge < -0.3 is 10.2 Å². The Labute approximate surface area is 175 Å². The fourth-order valence-corrected chi connectivity index (χ4v) is 3.21. The Hall–Kier alpha value is -3.48. The molecule has 0 spiro atoms. The lowest BCUT2D eigenvalue weighted by Gasteiger charge is -2.22. The quantitative estimate of drug-likeness (QED) is 0.645. The zero-order valence-electron chi connectivity index (χ0n) is 17.4. The largest absolute Gasteiger partial charge is 0.372 e. The summed E-state index contributed by atoms with van der Waals surface area (Å²) < 4.78 is 14.3. The molecule has 0 aliphatic rings. The molecule has 1 amide bonds. The molecule has 3 aromatic rings. The molecule has 0 fully saturated rings. The second-order valence-corrected chi connectivity index (χ2v) is 6.97. The summed E-state index contributed by atoms with van der Waals surface area (Å²) in [6.07, 6.45) is 0. The Morgan fingerprint density at radius 1 is 1.07 bits per heavy atom. The molecule has 1 heterocycles. The summed E-state index contributed by atoms with van der Waals surface area (Å²) in [4.78, 5) is 27.1. The summed E-state index contributed by atoms with van der Waals surface area (Å²) in [5, 5.41) is 7.04. The van der Waals surface area contributed by atoms with E-state index in [1.54, 1.807) is 12.1 Å². The van der Waals surface area contributed by atoms with Crippen LogP contribution in [0.5, 0.6) is 0 Å². The third-order valence-corrected chi connectivity index (χ3v) is 4.93. The van der Waals surface area contributed by atoms with Gasteiger partial charge in [-0.2, -0.15) is 5.10 Å². The number of amides is 1. The summed E-state index contributed by atoms with van der Waals surface area (Å²) in [5.74, 6) is -0.754. The Morgan fingerprint density at radius 2 is 1.77 bits per heavy atom. The van der Waals surface area contributed by atoms with E-state index in [0.717, 1.165) is 24.3 Å². The number of aryl methyl sites for hydroxylation is 1. The molecule has 0 radical (unpaired) electrons. The van der Waals surface area contributed by atoms with Crippen molar-refractivity contribution in [2.75, 3.05) is 23.3 Å². The van der Waals surface area contributed by atoms with Crippen LogP contribution in [0.4, 0.5) is 15.8 Å². The molecular weight excluding hydrogens is 383 g/mol. The Morgan fingerprint density at radius 3 is 2.40 bits per heavy atom. The highest BCUT2D eigenvalue weighted by Crippen LogP contribution is 2.23. The normalized spacial score (nSPS) is 10.7. The van der Waals surface area contributed by atoms with Crippen LogP contribution in [0.15, 0.2) is 59.4 Å². The van der Waals surface area contributed by atoms with Gasteiger partial charge in [0.2, 0.25) is 0 Å². The van der Waals surface area contributed by atoms with Gasteiger partial charge in [0.15, 0.2) is 0 Å². The maximum absolute atomic E-state index is 13.1. The van der Waals surface area contributed by atoms with E-state index in [1.165, 1.54) is 28.9 Å². The number of rotatable bonds is 7. The van der Waals surface area contributed by atoms with Crippen molar-refractivity contribution in [1.29, 1.82) is 0 Å². The number of benzene rings is 2. The molecule has 0 atom stereocenters. The first-order valence-electron chi connectivity index (χ1n) is 9.90. The first-order chi connectivity index (χ1) is 14.4. The summed E-state index contributed by atoms with van der Waals surface area (Å²) in [6.45, 7) is 8.09. The van der Waals surface area contributed by atoms with Gasteiger partial charge in [0, 0.05) is 30.5 Å². The number of aromatic nitrogens is 2. The molecule has 6 nitrogen and oxygen atoms in total. The zero-order valence-corrected chi connectivity index (χ0v) is 17.4. The molecule has 0 unspecified atom stereocenters. The van der Waals surface area contributed by atoms with Crippen molar-refractivity contribution in [3.63, 3.8) is 0 Å². The zero-order chi connectivity index (χ0) is 21.7. The van der Waals surface area contributed by atoms with Crippen LogP contribution in [0.25, 0.3) is 0 Å². The van der Waals surface area contributed by atoms with Crippen LogP contribution in [0.3, 0.4) is 0 Å². The summed E-state index contributed by atoms with van der Waals surface area (Å²) in [7, 11) is 0. The minimum absolute atomic E-state index is 0.129. The van der Waals surface area contributed by atoms with E-state index in [9.17, 15) is 14.0 Å². The first kappa shape index (κ1) is 21.2. The molecule has 30 heavy (non-hydrogen) atoms. The molecule has 1 aromatic heterocycles. The molecule has 7 heteroatoms. The van der Waals surface area contributed by atoms with Crippen molar-refractivity contribution in [1.82, 2.24) is 9.78 Å². The lowest BCUT2D eigenvalue weighted by Crippen LogP contribution is -2.26. The maximum atomic E-state index is 13.1. The lowest BCUT2D eigenvalue weighted by molar-refractivity contribution is 0.102. The van der Waals surface area contributed by atoms with E-state index >= 15 is 0 Å². The number of carbonyl (C=O) groups is 1. The Bertz CT molecular complexity index is 1090. The number of hydrogen-bond acceptors (Lipinski definition) is 4. The van der Waals surface area contributed by atoms with Crippen molar-refractivity contribution in [2.24, 2.45) is 0 Å². The Balaban J connectivity index is 1.79. The second kappa shape index (κ2) is 9.35. The van der Waals surface area contributed by atoms with Crippen LogP contribution in [0, 0.1) is 12.7 Å². The third kappa shape index (κ3) is 4.92. The predicted molar refractivity (Wildman–Crippen MR) is 117 cm³/mol. The number of anilines is 2. The third-order valence-electron chi connectivity index (χ3n) is 4.93. The average molecular weight is 408 g/mol.